The molecule has 16 nitrogen and oxygen atoms in total. The van der Waals surface area contributed by atoms with Crippen molar-refractivity contribution in [1.82, 2.24) is 29.8 Å². The molecule has 2 aliphatic rings. The maximum absolute atomic E-state index is 13.1. The Bertz CT molecular complexity index is 3030. The second-order valence-corrected chi connectivity index (χ2v) is 19.3. The van der Waals surface area contributed by atoms with E-state index in [9.17, 15) is 34.8 Å². The summed E-state index contributed by atoms with van der Waals surface area (Å²) in [6, 6.07) is 23.1. The molecule has 4 heterocycles. The number of ether oxygens (including phenoxy) is 1. The molecule has 4 aromatic carbocycles. The average Bonchev–Trinajstić information content (AvgIpc) is 3.98. The van der Waals surface area contributed by atoms with E-state index in [0.29, 0.717) is 74.4 Å². The van der Waals surface area contributed by atoms with Crippen LogP contribution in [0.4, 0.5) is 16.2 Å². The number of piperidine rings is 2. The van der Waals surface area contributed by atoms with E-state index in [1.165, 1.54) is 17.0 Å². The van der Waals surface area contributed by atoms with Crippen molar-refractivity contribution in [3.8, 4) is 57.7 Å². The second-order valence-electron chi connectivity index (χ2n) is 18.4. The molecule has 73 heavy (non-hydrogen) atoms. The summed E-state index contributed by atoms with van der Waals surface area (Å²) in [7, 11) is 0. The normalized spacial score (nSPS) is 15.4. The van der Waals surface area contributed by atoms with Crippen molar-refractivity contribution >= 4 is 52.5 Å². The third-order valence-corrected chi connectivity index (χ3v) is 12.1. The van der Waals surface area contributed by atoms with Gasteiger partial charge in [0.15, 0.2) is 0 Å². The van der Waals surface area contributed by atoms with Gasteiger partial charge < -0.3 is 41.1 Å². The number of aliphatic hydroxyl groups is 2. The van der Waals surface area contributed by atoms with E-state index in [1.54, 1.807) is 91.1 Å². The van der Waals surface area contributed by atoms with Crippen LogP contribution >= 0.6 is 23.2 Å². The SMILES string of the molecule is CC(C)(C)OC(=O)N1CCCC[C@@H]1C(=O)Nc1ccc(C#Cc2cn(CCO)nc2-c2cc(Cl)ccc2O)cc1.O=C(Nc1ccc(C#Cc2cn(CCO)nc2-c2cc(Cl)ccc2O)cc1)[C@H]1CCCCN1. The van der Waals surface area contributed by atoms with Gasteiger partial charge in [-0.3, -0.25) is 23.9 Å². The highest BCUT2D eigenvalue weighted by Gasteiger charge is 2.35. The fourth-order valence-corrected chi connectivity index (χ4v) is 8.42. The highest BCUT2D eigenvalue weighted by atomic mass is 35.5. The molecule has 0 unspecified atom stereocenters. The topological polar surface area (TPSA) is 216 Å². The first kappa shape index (κ1) is 53.5. The first-order valence-corrected chi connectivity index (χ1v) is 24.8. The van der Waals surface area contributed by atoms with Crippen LogP contribution in [-0.2, 0) is 27.4 Å². The van der Waals surface area contributed by atoms with Crippen LogP contribution in [0, 0.1) is 23.7 Å². The molecule has 8 rings (SSSR count). The summed E-state index contributed by atoms with van der Waals surface area (Å²) in [6.07, 6.45) is 8.22. The molecule has 2 aromatic heterocycles. The number of amides is 3. The number of aromatic nitrogens is 4. The van der Waals surface area contributed by atoms with Crippen LogP contribution in [0.5, 0.6) is 11.5 Å². The van der Waals surface area contributed by atoms with Gasteiger partial charge in [-0.05, 0) is 144 Å². The molecule has 0 bridgehead atoms. The molecule has 7 N–H and O–H groups in total. The first-order chi connectivity index (χ1) is 35.1. The summed E-state index contributed by atoms with van der Waals surface area (Å²) < 4.78 is 8.64. The van der Waals surface area contributed by atoms with Crippen molar-refractivity contribution in [1.29, 1.82) is 0 Å². The van der Waals surface area contributed by atoms with E-state index < -0.39 is 17.7 Å². The summed E-state index contributed by atoms with van der Waals surface area (Å²) in [5.74, 6) is 12.2. The Labute approximate surface area is 434 Å². The van der Waals surface area contributed by atoms with Gasteiger partial charge in [0.05, 0.1) is 43.5 Å². The number of hydrogen-bond acceptors (Lipinski definition) is 11. The quantitative estimate of drug-likeness (QED) is 0.0647. The Hall–Kier alpha value is -7.31. The van der Waals surface area contributed by atoms with Gasteiger partial charge in [-0.2, -0.15) is 10.2 Å². The lowest BCUT2D eigenvalue weighted by atomic mass is 10.0. The van der Waals surface area contributed by atoms with Gasteiger partial charge in [-0.15, -0.1) is 0 Å². The Morgan fingerprint density at radius 1 is 0.685 bits per heavy atom. The lowest BCUT2D eigenvalue weighted by Crippen LogP contribution is -2.51. The van der Waals surface area contributed by atoms with Gasteiger partial charge in [0.25, 0.3) is 0 Å². The zero-order valence-corrected chi connectivity index (χ0v) is 42.3. The summed E-state index contributed by atoms with van der Waals surface area (Å²) in [4.78, 5) is 39.6. The van der Waals surface area contributed by atoms with Crippen molar-refractivity contribution in [3.63, 3.8) is 0 Å². The predicted octanol–water partition coefficient (Wildman–Crippen LogP) is 8.41. The van der Waals surface area contributed by atoms with Gasteiger partial charge in [0, 0.05) is 62.6 Å². The summed E-state index contributed by atoms with van der Waals surface area (Å²) in [6.45, 7) is 7.17. The number of benzene rings is 4. The van der Waals surface area contributed by atoms with Crippen LogP contribution in [0.2, 0.25) is 10.0 Å². The van der Waals surface area contributed by atoms with Crippen LogP contribution in [0.1, 0.15) is 81.5 Å². The minimum atomic E-state index is -0.640. The molecule has 0 radical (unpaired) electrons. The molecule has 6 aromatic rings. The molecular formula is C55H58Cl2N8O8. The lowest BCUT2D eigenvalue weighted by Gasteiger charge is -2.35. The largest absolute Gasteiger partial charge is 0.507 e. The van der Waals surface area contributed by atoms with E-state index in [2.05, 4.69) is 49.8 Å². The van der Waals surface area contributed by atoms with Crippen LogP contribution in [0.3, 0.4) is 0 Å². The van der Waals surface area contributed by atoms with Crippen molar-refractivity contribution in [2.45, 2.75) is 90.1 Å². The number of carbonyl (C=O) groups is 3. The zero-order chi connectivity index (χ0) is 52.1. The predicted molar refractivity (Wildman–Crippen MR) is 281 cm³/mol. The van der Waals surface area contributed by atoms with Crippen LogP contribution < -0.4 is 16.0 Å². The lowest BCUT2D eigenvalue weighted by molar-refractivity contribution is -0.122. The standard InChI is InChI=1S/C30H33ClN4O5.C25H25ClN4O3/c1-30(2,3)40-29(39)35-15-5-4-6-25(35)28(38)32-23-12-8-20(9-13-23)7-10-21-19-34(16-17-36)33-27(21)24-18-22(31)11-14-26(24)37;26-19-8-11-23(32)21(15-19)24-18(16-30(29-24)13-14-31)7-4-17-5-9-20(10-6-17)28-25(33)22-3-1-2-12-27-22/h8-9,11-14,18-19,25,36-37H,4-6,15-17H2,1-3H3,(H,32,38);5-6,8-11,15-16,22,27,31-32H,1-3,12-14H2,(H,28,33)/t25-;22-/m11/s1. The van der Waals surface area contributed by atoms with E-state index in [-0.39, 0.29) is 49.1 Å². The Balaban J connectivity index is 0.000000218. The van der Waals surface area contributed by atoms with Gasteiger partial charge in [0.1, 0.15) is 34.5 Å². The smallest absolute Gasteiger partial charge is 0.410 e. The minimum absolute atomic E-state index is 0.0178. The Morgan fingerprint density at radius 3 is 1.64 bits per heavy atom. The Kier molecular flexibility index (Phi) is 18.2. The number of aliphatic hydroxyl groups excluding tert-OH is 2. The van der Waals surface area contributed by atoms with Gasteiger partial charge in [-0.1, -0.05) is 53.3 Å². The number of nitrogens with one attached hydrogen (secondary N) is 3. The number of anilines is 2. The number of aromatic hydroxyl groups is 2. The molecule has 0 saturated carbocycles. The third-order valence-electron chi connectivity index (χ3n) is 11.7. The maximum Gasteiger partial charge on any atom is 0.410 e. The van der Waals surface area contributed by atoms with E-state index in [4.69, 9.17) is 27.9 Å². The Morgan fingerprint density at radius 2 is 1.18 bits per heavy atom. The number of likely N-dealkylation sites (tertiary alicyclic amines) is 1. The van der Waals surface area contributed by atoms with Crippen molar-refractivity contribution in [2.24, 2.45) is 0 Å². The van der Waals surface area contributed by atoms with Crippen LogP contribution in [-0.4, -0.2) is 107 Å². The summed E-state index contributed by atoms with van der Waals surface area (Å²) in [5.41, 5.74) is 5.13. The fraction of sp³-hybridized carbons (Fsp3) is 0.327. The van der Waals surface area contributed by atoms with Gasteiger partial charge >= 0.3 is 6.09 Å². The molecular weight excluding hydrogens is 972 g/mol. The van der Waals surface area contributed by atoms with Gasteiger partial charge in [0.2, 0.25) is 11.8 Å². The molecule has 3 amide bonds. The molecule has 18 heteroatoms. The molecule has 0 spiro atoms. The zero-order valence-electron chi connectivity index (χ0n) is 40.8. The van der Waals surface area contributed by atoms with E-state index in [1.807, 2.05) is 24.3 Å². The number of halogens is 2. The molecule has 2 aliphatic heterocycles. The van der Waals surface area contributed by atoms with E-state index in [0.717, 1.165) is 49.9 Å². The first-order valence-electron chi connectivity index (χ1n) is 24.0. The number of carbonyl (C=O) groups excluding carboxylic acids is 3. The monoisotopic (exact) mass is 1030 g/mol. The molecule has 2 saturated heterocycles. The molecule has 0 aliphatic carbocycles. The van der Waals surface area contributed by atoms with E-state index >= 15 is 0 Å². The van der Waals surface area contributed by atoms with Crippen molar-refractivity contribution < 1.29 is 39.5 Å². The fourth-order valence-electron chi connectivity index (χ4n) is 8.08. The number of nitrogens with zero attached hydrogens (tertiary/aromatic N) is 5. The third kappa shape index (κ3) is 14.9. The number of phenolic OH excluding ortho intramolecular Hbond substituents is 2. The second kappa shape index (κ2) is 24.9. The molecule has 2 atom stereocenters. The van der Waals surface area contributed by atoms with Crippen molar-refractivity contribution in [3.05, 3.63) is 130 Å². The van der Waals surface area contributed by atoms with Crippen LogP contribution in [0.25, 0.3) is 22.5 Å². The molecule has 2 fully saturated rings. The summed E-state index contributed by atoms with van der Waals surface area (Å²) in [5, 5.41) is 58.2. The number of hydrogen-bond donors (Lipinski definition) is 7. The van der Waals surface area contributed by atoms with Crippen molar-refractivity contribution in [2.75, 3.05) is 36.9 Å². The minimum Gasteiger partial charge on any atom is -0.507 e. The average molecular weight is 1030 g/mol. The van der Waals surface area contributed by atoms with Crippen LogP contribution in [0.15, 0.2) is 97.3 Å². The number of phenols is 2. The summed E-state index contributed by atoms with van der Waals surface area (Å²) >= 11 is 12.2. The highest BCUT2D eigenvalue weighted by Crippen LogP contribution is 2.34. The number of rotatable bonds is 10. The maximum atomic E-state index is 13.1. The van der Waals surface area contributed by atoms with Gasteiger partial charge in [-0.25, -0.2) is 4.79 Å². The molecule has 380 valence electrons. The highest BCUT2D eigenvalue weighted by molar-refractivity contribution is 6.31.